The lowest BCUT2D eigenvalue weighted by atomic mass is 10.1. The molecule has 1 amide bonds. The summed E-state index contributed by atoms with van der Waals surface area (Å²) in [5.41, 5.74) is 2.64. The van der Waals surface area contributed by atoms with Crippen molar-refractivity contribution in [3.8, 4) is 17.0 Å². The van der Waals surface area contributed by atoms with E-state index in [2.05, 4.69) is 15.3 Å². The minimum atomic E-state index is -0.322. The number of carbonyl (C=O) groups excluding carboxylic acids is 1. The highest BCUT2D eigenvalue weighted by atomic mass is 16.5. The van der Waals surface area contributed by atoms with Gasteiger partial charge in [0, 0.05) is 50.0 Å². The number of rotatable bonds is 5. The highest BCUT2D eigenvalue weighted by Gasteiger charge is 2.14. The molecule has 0 spiro atoms. The molecule has 1 N–H and O–H groups in total. The van der Waals surface area contributed by atoms with Crippen LogP contribution in [0.2, 0.25) is 0 Å². The number of nitrogens with one attached hydrogen (secondary N) is 1. The molecule has 0 bridgehead atoms. The summed E-state index contributed by atoms with van der Waals surface area (Å²) in [6, 6.07) is 8.79. The molecule has 0 saturated heterocycles. The SMILES string of the molecule is COc1cc(=O)n(C)cc1C(=O)NCc1ccnc(-c2cccnc2)c1. The van der Waals surface area contributed by atoms with Crippen LogP contribution >= 0.6 is 0 Å². The number of carbonyl (C=O) groups is 1. The zero-order chi connectivity index (χ0) is 18.5. The van der Waals surface area contributed by atoms with Gasteiger partial charge in [-0.25, -0.2) is 0 Å². The summed E-state index contributed by atoms with van der Waals surface area (Å²) in [4.78, 5) is 32.6. The third kappa shape index (κ3) is 3.77. The van der Waals surface area contributed by atoms with Crippen LogP contribution in [-0.4, -0.2) is 27.6 Å². The summed E-state index contributed by atoms with van der Waals surface area (Å²) in [6.07, 6.45) is 6.59. The summed E-state index contributed by atoms with van der Waals surface area (Å²) >= 11 is 0. The van der Waals surface area contributed by atoms with Crippen molar-refractivity contribution >= 4 is 5.91 Å². The minimum absolute atomic E-state index is 0.242. The first-order valence-electron chi connectivity index (χ1n) is 7.96. The average Bonchev–Trinajstić information content (AvgIpc) is 2.68. The normalized spacial score (nSPS) is 10.4. The lowest BCUT2D eigenvalue weighted by Gasteiger charge is -2.11. The molecule has 3 aromatic heterocycles. The van der Waals surface area contributed by atoms with E-state index in [9.17, 15) is 9.59 Å². The predicted molar refractivity (Wildman–Crippen MR) is 96.9 cm³/mol. The molecule has 0 radical (unpaired) electrons. The fraction of sp³-hybridized carbons (Fsp3) is 0.158. The number of methoxy groups -OCH3 is 1. The molecular formula is C19H18N4O3. The first-order chi connectivity index (χ1) is 12.6. The summed E-state index contributed by atoms with van der Waals surface area (Å²) in [5, 5.41) is 2.84. The number of amides is 1. The van der Waals surface area contributed by atoms with Crippen molar-refractivity contribution in [2.75, 3.05) is 7.11 Å². The molecule has 0 saturated carbocycles. The van der Waals surface area contributed by atoms with Crippen molar-refractivity contribution in [2.45, 2.75) is 6.54 Å². The molecule has 26 heavy (non-hydrogen) atoms. The molecule has 0 atom stereocenters. The maximum Gasteiger partial charge on any atom is 0.256 e. The van der Waals surface area contributed by atoms with Crippen molar-refractivity contribution in [2.24, 2.45) is 7.05 Å². The molecule has 3 heterocycles. The van der Waals surface area contributed by atoms with Gasteiger partial charge in [-0.05, 0) is 29.8 Å². The monoisotopic (exact) mass is 350 g/mol. The first-order valence-corrected chi connectivity index (χ1v) is 7.96. The van der Waals surface area contributed by atoms with Gasteiger partial charge in [0.05, 0.1) is 18.4 Å². The van der Waals surface area contributed by atoms with Crippen LogP contribution in [-0.2, 0) is 13.6 Å². The Balaban J connectivity index is 1.77. The largest absolute Gasteiger partial charge is 0.496 e. The van der Waals surface area contributed by atoms with Gasteiger partial charge in [0.1, 0.15) is 5.75 Å². The topological polar surface area (TPSA) is 86.1 Å². The lowest BCUT2D eigenvalue weighted by molar-refractivity contribution is 0.0947. The van der Waals surface area contributed by atoms with Gasteiger partial charge in [-0.15, -0.1) is 0 Å². The Kier molecular flexibility index (Phi) is 5.07. The molecule has 0 aliphatic carbocycles. The van der Waals surface area contributed by atoms with Crippen LogP contribution in [0.25, 0.3) is 11.3 Å². The number of pyridine rings is 3. The van der Waals surface area contributed by atoms with Gasteiger partial charge in [-0.2, -0.15) is 0 Å². The molecule has 3 rings (SSSR count). The fourth-order valence-electron chi connectivity index (χ4n) is 2.49. The van der Waals surface area contributed by atoms with Crippen molar-refractivity contribution in [3.05, 3.63) is 76.6 Å². The third-order valence-electron chi connectivity index (χ3n) is 3.89. The number of nitrogens with zero attached hydrogens (tertiary/aromatic N) is 3. The van der Waals surface area contributed by atoms with Crippen LogP contribution in [0.5, 0.6) is 5.75 Å². The van der Waals surface area contributed by atoms with Gasteiger partial charge in [0.15, 0.2) is 0 Å². The van der Waals surface area contributed by atoms with E-state index in [0.29, 0.717) is 12.1 Å². The zero-order valence-electron chi connectivity index (χ0n) is 14.5. The summed E-state index contributed by atoms with van der Waals surface area (Å²) in [5.74, 6) is -0.0754. The molecule has 0 unspecified atom stereocenters. The van der Waals surface area contributed by atoms with E-state index in [0.717, 1.165) is 16.8 Å². The van der Waals surface area contributed by atoms with Gasteiger partial charge in [0.25, 0.3) is 11.5 Å². The Morgan fingerprint density at radius 3 is 2.85 bits per heavy atom. The van der Waals surface area contributed by atoms with Crippen molar-refractivity contribution in [1.82, 2.24) is 19.9 Å². The second kappa shape index (κ2) is 7.60. The van der Waals surface area contributed by atoms with Crippen molar-refractivity contribution in [1.29, 1.82) is 0 Å². The second-order valence-corrected chi connectivity index (χ2v) is 5.68. The standard InChI is InChI=1S/C19H18N4O3/c1-23-12-15(17(26-2)9-18(23)24)19(25)22-10-13-5-7-21-16(8-13)14-4-3-6-20-11-14/h3-9,11-12H,10H2,1-2H3,(H,22,25). The molecular weight excluding hydrogens is 332 g/mol. The summed E-state index contributed by atoms with van der Waals surface area (Å²) in [6.45, 7) is 0.320. The average molecular weight is 350 g/mol. The van der Waals surface area contributed by atoms with Crippen LogP contribution < -0.4 is 15.6 Å². The van der Waals surface area contributed by atoms with E-state index in [1.54, 1.807) is 25.6 Å². The van der Waals surface area contributed by atoms with Gasteiger partial charge < -0.3 is 14.6 Å². The number of aromatic nitrogens is 3. The van der Waals surface area contributed by atoms with Gasteiger partial charge in [-0.1, -0.05) is 0 Å². The maximum atomic E-state index is 12.5. The van der Waals surface area contributed by atoms with Crippen LogP contribution in [0.3, 0.4) is 0 Å². The van der Waals surface area contributed by atoms with E-state index >= 15 is 0 Å². The quantitative estimate of drug-likeness (QED) is 0.758. The first kappa shape index (κ1) is 17.3. The molecule has 0 fully saturated rings. The number of hydrogen-bond donors (Lipinski definition) is 1. The zero-order valence-corrected chi connectivity index (χ0v) is 14.5. The Morgan fingerprint density at radius 2 is 2.12 bits per heavy atom. The predicted octanol–water partition coefficient (Wildman–Crippen LogP) is 1.78. The van der Waals surface area contributed by atoms with E-state index in [-0.39, 0.29) is 17.2 Å². The molecule has 0 aliphatic heterocycles. The summed E-state index contributed by atoms with van der Waals surface area (Å²) in [7, 11) is 3.01. The van der Waals surface area contributed by atoms with E-state index in [1.165, 1.54) is 23.9 Å². The molecule has 0 aromatic carbocycles. The molecule has 3 aromatic rings. The molecule has 7 heteroatoms. The van der Waals surface area contributed by atoms with Crippen molar-refractivity contribution in [3.63, 3.8) is 0 Å². The Morgan fingerprint density at radius 1 is 1.27 bits per heavy atom. The van der Waals surface area contributed by atoms with Crippen molar-refractivity contribution < 1.29 is 9.53 Å². The van der Waals surface area contributed by atoms with Crippen LogP contribution in [0.1, 0.15) is 15.9 Å². The minimum Gasteiger partial charge on any atom is -0.496 e. The van der Waals surface area contributed by atoms with Gasteiger partial charge in [0.2, 0.25) is 0 Å². The Hall–Kier alpha value is -3.48. The third-order valence-corrected chi connectivity index (χ3v) is 3.89. The number of hydrogen-bond acceptors (Lipinski definition) is 5. The van der Waals surface area contributed by atoms with Gasteiger partial charge in [-0.3, -0.25) is 19.6 Å². The smallest absolute Gasteiger partial charge is 0.256 e. The Labute approximate surface area is 150 Å². The number of aryl methyl sites for hydroxylation is 1. The van der Waals surface area contributed by atoms with Gasteiger partial charge >= 0.3 is 0 Å². The second-order valence-electron chi connectivity index (χ2n) is 5.68. The Bertz CT molecular complexity index is 984. The van der Waals surface area contributed by atoms with E-state index < -0.39 is 0 Å². The highest BCUT2D eigenvalue weighted by molar-refractivity contribution is 5.96. The number of ether oxygens (including phenoxy) is 1. The molecule has 7 nitrogen and oxygen atoms in total. The molecule has 132 valence electrons. The highest BCUT2D eigenvalue weighted by Crippen LogP contribution is 2.17. The van der Waals surface area contributed by atoms with Crippen LogP contribution in [0.4, 0.5) is 0 Å². The lowest BCUT2D eigenvalue weighted by Crippen LogP contribution is -2.26. The fourth-order valence-corrected chi connectivity index (χ4v) is 2.49. The van der Waals surface area contributed by atoms with Crippen LogP contribution in [0.15, 0.2) is 59.9 Å². The molecule has 0 aliphatic rings. The summed E-state index contributed by atoms with van der Waals surface area (Å²) < 4.78 is 6.48. The van der Waals surface area contributed by atoms with E-state index in [4.69, 9.17) is 4.74 Å². The van der Waals surface area contributed by atoms with Crippen LogP contribution in [0, 0.1) is 0 Å². The van der Waals surface area contributed by atoms with E-state index in [1.807, 2.05) is 24.3 Å². The maximum absolute atomic E-state index is 12.5.